The van der Waals surface area contributed by atoms with Gasteiger partial charge in [0, 0.05) is 5.41 Å². The van der Waals surface area contributed by atoms with Crippen LogP contribution in [0.2, 0.25) is 10.0 Å². The Morgan fingerprint density at radius 2 is 1.15 bits per heavy atom. The highest BCUT2D eigenvalue weighted by Gasteiger charge is 2.27. The molecule has 2 nitrogen and oxygen atoms in total. The fraction of sp³-hybridized carbons (Fsp3) is 0.304. The summed E-state index contributed by atoms with van der Waals surface area (Å²) in [6.45, 7) is 15.8. The van der Waals surface area contributed by atoms with Crippen LogP contribution in [0.1, 0.15) is 49.9 Å². The Morgan fingerprint density at radius 3 is 1.44 bits per heavy atom. The lowest BCUT2D eigenvalue weighted by Crippen LogP contribution is -2.20. The number of phenolic OH excluding ortho intramolecular Hbond substituents is 2. The summed E-state index contributed by atoms with van der Waals surface area (Å²) < 4.78 is 0. The van der Waals surface area contributed by atoms with Crippen molar-refractivity contribution in [1.82, 2.24) is 0 Å². The van der Waals surface area contributed by atoms with Crippen molar-refractivity contribution in [3.05, 3.63) is 80.9 Å². The molecule has 0 atom stereocenters. The van der Waals surface area contributed by atoms with Gasteiger partial charge in [-0.05, 0) is 61.1 Å². The smallest absolute Gasteiger partial charge is 0.137 e. The van der Waals surface area contributed by atoms with Crippen LogP contribution in [0.25, 0.3) is 0 Å². The first-order valence-electron chi connectivity index (χ1n) is 8.76. The molecule has 0 unspecified atom stereocenters. The van der Waals surface area contributed by atoms with Crippen molar-refractivity contribution >= 4 is 23.2 Å². The lowest BCUT2D eigenvalue weighted by Gasteiger charge is -2.28. The van der Waals surface area contributed by atoms with Crippen molar-refractivity contribution in [2.24, 2.45) is 0 Å². The Kier molecular flexibility index (Phi) is 6.34. The molecule has 0 saturated heterocycles. The van der Waals surface area contributed by atoms with Crippen molar-refractivity contribution < 1.29 is 10.2 Å². The summed E-state index contributed by atoms with van der Waals surface area (Å²) >= 11 is 12.6. The van der Waals surface area contributed by atoms with Crippen LogP contribution in [0, 0.1) is 0 Å². The van der Waals surface area contributed by atoms with Gasteiger partial charge in [-0.1, -0.05) is 73.5 Å². The second-order valence-electron chi connectivity index (χ2n) is 7.82. The Morgan fingerprint density at radius 1 is 0.815 bits per heavy atom. The maximum atomic E-state index is 10.3. The first kappa shape index (κ1) is 21.4. The quantitative estimate of drug-likeness (QED) is 0.510. The molecule has 0 saturated carbocycles. The molecule has 2 aromatic rings. The minimum absolute atomic E-state index is 0.0888. The van der Waals surface area contributed by atoms with Crippen LogP contribution in [0.4, 0.5) is 0 Å². The summed E-state index contributed by atoms with van der Waals surface area (Å²) in [6, 6.07) is 7.46. The lowest BCUT2D eigenvalue weighted by molar-refractivity contribution is 0.468. The highest BCUT2D eigenvalue weighted by Crippen LogP contribution is 2.41. The summed E-state index contributed by atoms with van der Waals surface area (Å²) in [5.41, 5.74) is 4.81. The van der Waals surface area contributed by atoms with Gasteiger partial charge in [0.2, 0.25) is 0 Å². The Labute approximate surface area is 171 Å². The molecule has 0 aliphatic carbocycles. The van der Waals surface area contributed by atoms with E-state index in [1.165, 1.54) is 0 Å². The maximum absolute atomic E-state index is 10.3. The predicted molar refractivity (Wildman–Crippen MR) is 115 cm³/mol. The number of phenols is 2. The number of allylic oxidation sites excluding steroid dienone is 2. The number of benzene rings is 2. The normalized spacial score (nSPS) is 11.5. The summed E-state index contributed by atoms with van der Waals surface area (Å²) in [5, 5.41) is 21.2. The molecule has 0 heterocycles. The largest absolute Gasteiger partial charge is 0.506 e. The monoisotopic (exact) mass is 404 g/mol. The van der Waals surface area contributed by atoms with Crippen LogP contribution < -0.4 is 0 Å². The number of rotatable bonds is 6. The zero-order chi connectivity index (χ0) is 20.5. The van der Waals surface area contributed by atoms with Crippen molar-refractivity contribution in [3.8, 4) is 11.5 Å². The molecule has 27 heavy (non-hydrogen) atoms. The Bertz CT molecular complexity index is 838. The zero-order valence-corrected chi connectivity index (χ0v) is 17.8. The van der Waals surface area contributed by atoms with Crippen molar-refractivity contribution in [2.45, 2.75) is 46.0 Å². The second kappa shape index (κ2) is 8.00. The third kappa shape index (κ3) is 4.69. The summed E-state index contributed by atoms with van der Waals surface area (Å²) in [7, 11) is 0. The highest BCUT2D eigenvalue weighted by molar-refractivity contribution is 6.32. The molecule has 0 radical (unpaired) electrons. The van der Waals surface area contributed by atoms with Crippen LogP contribution in [-0.4, -0.2) is 10.2 Å². The molecular formula is C23H26Cl2O2. The maximum Gasteiger partial charge on any atom is 0.137 e. The van der Waals surface area contributed by atoms with Gasteiger partial charge >= 0.3 is 0 Å². The van der Waals surface area contributed by atoms with Gasteiger partial charge in [-0.25, -0.2) is 0 Å². The number of hydrogen-bond donors (Lipinski definition) is 2. The predicted octanol–water partition coefficient (Wildman–Crippen LogP) is 6.97. The van der Waals surface area contributed by atoms with E-state index in [4.69, 9.17) is 23.2 Å². The van der Waals surface area contributed by atoms with E-state index in [0.717, 1.165) is 33.4 Å². The van der Waals surface area contributed by atoms with Gasteiger partial charge in [-0.3, -0.25) is 0 Å². The molecule has 0 fully saturated rings. The van der Waals surface area contributed by atoms with Crippen molar-refractivity contribution in [2.75, 3.05) is 0 Å². The third-order valence-corrected chi connectivity index (χ3v) is 5.29. The molecule has 0 aliphatic rings. The van der Waals surface area contributed by atoms with E-state index in [-0.39, 0.29) is 11.5 Å². The van der Waals surface area contributed by atoms with Crippen LogP contribution in [-0.2, 0) is 18.3 Å². The highest BCUT2D eigenvalue weighted by atomic mass is 35.5. The van der Waals surface area contributed by atoms with Gasteiger partial charge < -0.3 is 10.2 Å². The first-order valence-corrected chi connectivity index (χ1v) is 9.51. The van der Waals surface area contributed by atoms with E-state index in [2.05, 4.69) is 27.0 Å². The van der Waals surface area contributed by atoms with Crippen LogP contribution in [0.5, 0.6) is 11.5 Å². The molecule has 0 bridgehead atoms. The Hall–Kier alpha value is -1.90. The molecule has 0 spiro atoms. The van der Waals surface area contributed by atoms with Crippen molar-refractivity contribution in [1.29, 1.82) is 0 Å². The first-order chi connectivity index (χ1) is 12.4. The van der Waals surface area contributed by atoms with Gasteiger partial charge in [-0.2, -0.15) is 0 Å². The zero-order valence-electron chi connectivity index (χ0n) is 16.3. The number of aromatic hydroxyl groups is 2. The van der Waals surface area contributed by atoms with E-state index in [1.807, 2.05) is 26.0 Å². The van der Waals surface area contributed by atoms with Gasteiger partial charge in [-0.15, -0.1) is 0 Å². The van der Waals surface area contributed by atoms with E-state index in [0.29, 0.717) is 22.9 Å². The third-order valence-electron chi connectivity index (χ3n) is 4.71. The van der Waals surface area contributed by atoms with Crippen LogP contribution in [0.15, 0.2) is 48.6 Å². The minimum atomic E-state index is -0.442. The topological polar surface area (TPSA) is 40.5 Å². The van der Waals surface area contributed by atoms with E-state index < -0.39 is 5.41 Å². The average Bonchev–Trinajstić information content (AvgIpc) is 2.54. The van der Waals surface area contributed by atoms with Gasteiger partial charge in [0.05, 0.1) is 10.0 Å². The van der Waals surface area contributed by atoms with Gasteiger partial charge in [0.15, 0.2) is 0 Å². The molecule has 4 heteroatoms. The molecule has 2 aromatic carbocycles. The standard InChI is InChI=1S/C23H26Cl2O2/c1-13(2)7-15-9-17(11-19(24)21(15)26)23(5,6)18-10-16(8-14(3)4)22(27)20(25)12-18/h9-12,26-27H,1,3,7-8H2,2,4-6H3. The second-order valence-corrected chi connectivity index (χ2v) is 8.64. The lowest BCUT2D eigenvalue weighted by atomic mass is 9.76. The fourth-order valence-electron chi connectivity index (χ4n) is 3.12. The van der Waals surface area contributed by atoms with Crippen molar-refractivity contribution in [3.63, 3.8) is 0 Å². The van der Waals surface area contributed by atoms with Gasteiger partial charge in [0.25, 0.3) is 0 Å². The van der Waals surface area contributed by atoms with Crippen LogP contribution >= 0.6 is 23.2 Å². The summed E-state index contributed by atoms with van der Waals surface area (Å²) in [4.78, 5) is 0. The summed E-state index contributed by atoms with van der Waals surface area (Å²) in [6.07, 6.45) is 1.10. The van der Waals surface area contributed by atoms with E-state index in [1.54, 1.807) is 12.1 Å². The molecule has 144 valence electrons. The molecule has 2 N–H and O–H groups in total. The molecule has 0 aromatic heterocycles. The van der Waals surface area contributed by atoms with E-state index in [9.17, 15) is 10.2 Å². The van der Waals surface area contributed by atoms with E-state index >= 15 is 0 Å². The fourth-order valence-corrected chi connectivity index (χ4v) is 3.60. The van der Waals surface area contributed by atoms with Gasteiger partial charge in [0.1, 0.15) is 11.5 Å². The Balaban J connectivity index is 2.62. The minimum Gasteiger partial charge on any atom is -0.506 e. The molecular weight excluding hydrogens is 379 g/mol. The molecule has 0 amide bonds. The summed E-state index contributed by atoms with van der Waals surface area (Å²) in [5.74, 6) is 0.178. The van der Waals surface area contributed by atoms with Crippen LogP contribution in [0.3, 0.4) is 0 Å². The molecule has 2 rings (SSSR count). The average molecular weight is 405 g/mol. The number of hydrogen-bond acceptors (Lipinski definition) is 2. The number of halogens is 2. The molecule has 0 aliphatic heterocycles. The SMILES string of the molecule is C=C(C)Cc1cc(C(C)(C)c2cc(Cl)c(O)c(CC(=C)C)c2)cc(Cl)c1O.